The van der Waals surface area contributed by atoms with Gasteiger partial charge in [0.05, 0.1) is 7.11 Å². The third-order valence-electron chi connectivity index (χ3n) is 3.59. The lowest BCUT2D eigenvalue weighted by Gasteiger charge is -2.15. The molecule has 0 amide bonds. The fraction of sp³-hybridized carbons (Fsp3) is 0.278. The van der Waals surface area contributed by atoms with Gasteiger partial charge in [0, 0.05) is 31.3 Å². The number of alkyl halides is 2. The van der Waals surface area contributed by atoms with Crippen molar-refractivity contribution in [1.82, 2.24) is 10.6 Å². The average Bonchev–Trinajstić information content (AvgIpc) is 2.64. The largest absolute Gasteiger partial charge is 0.508 e. The highest BCUT2D eigenvalue weighted by atomic mass is 19.3. The van der Waals surface area contributed by atoms with Crippen LogP contribution in [0.5, 0.6) is 17.2 Å². The molecule has 0 aliphatic heterocycles. The second-order valence-electron chi connectivity index (χ2n) is 5.26. The van der Waals surface area contributed by atoms with E-state index in [4.69, 9.17) is 4.74 Å². The van der Waals surface area contributed by atoms with E-state index in [2.05, 4.69) is 20.4 Å². The fourth-order valence-corrected chi connectivity index (χ4v) is 2.27. The van der Waals surface area contributed by atoms with Crippen LogP contribution in [0, 0.1) is 0 Å². The molecule has 2 aromatic carbocycles. The molecule has 0 aromatic heterocycles. The van der Waals surface area contributed by atoms with Crippen molar-refractivity contribution in [3.63, 3.8) is 0 Å². The van der Waals surface area contributed by atoms with Crippen molar-refractivity contribution in [3.05, 3.63) is 53.6 Å². The molecule has 2 rings (SSSR count). The van der Waals surface area contributed by atoms with Crippen LogP contribution in [-0.4, -0.2) is 31.8 Å². The zero-order valence-electron chi connectivity index (χ0n) is 14.5. The highest BCUT2D eigenvalue weighted by Crippen LogP contribution is 2.22. The summed E-state index contributed by atoms with van der Waals surface area (Å²) in [6, 6.07) is 11.4. The van der Waals surface area contributed by atoms with E-state index >= 15 is 0 Å². The van der Waals surface area contributed by atoms with Crippen molar-refractivity contribution in [1.29, 1.82) is 0 Å². The molecule has 2 aromatic rings. The molecule has 0 atom stereocenters. The molecule has 8 heteroatoms. The summed E-state index contributed by atoms with van der Waals surface area (Å²) in [5.74, 6) is 1.31. The van der Waals surface area contributed by atoms with Crippen molar-refractivity contribution >= 4 is 5.96 Å². The van der Waals surface area contributed by atoms with Gasteiger partial charge in [-0.1, -0.05) is 18.2 Å². The minimum Gasteiger partial charge on any atom is -0.508 e. The lowest BCUT2D eigenvalue weighted by atomic mass is 10.2. The van der Waals surface area contributed by atoms with Gasteiger partial charge >= 0.3 is 6.61 Å². The first kappa shape index (κ1) is 19.3. The molecule has 0 saturated carbocycles. The summed E-state index contributed by atoms with van der Waals surface area (Å²) in [5, 5.41) is 16.0. The number of rotatable bonds is 7. The van der Waals surface area contributed by atoms with E-state index < -0.39 is 6.61 Å². The highest BCUT2D eigenvalue weighted by Gasteiger charge is 2.10. The van der Waals surface area contributed by atoms with Gasteiger partial charge in [0.15, 0.2) is 5.96 Å². The molecule has 0 aliphatic rings. The molecule has 0 radical (unpaired) electrons. The molecule has 0 unspecified atom stereocenters. The number of halogens is 2. The Balaban J connectivity index is 1.97. The molecule has 0 saturated heterocycles. The van der Waals surface area contributed by atoms with Gasteiger partial charge in [-0.3, -0.25) is 4.99 Å². The number of phenols is 1. The first-order valence-corrected chi connectivity index (χ1v) is 7.86. The van der Waals surface area contributed by atoms with Crippen molar-refractivity contribution in [2.75, 3.05) is 14.2 Å². The maximum Gasteiger partial charge on any atom is 0.387 e. The predicted octanol–water partition coefficient (Wildman–Crippen LogP) is 2.87. The minimum absolute atomic E-state index is 0.107. The van der Waals surface area contributed by atoms with Gasteiger partial charge in [-0.2, -0.15) is 8.78 Å². The zero-order chi connectivity index (χ0) is 18.9. The van der Waals surface area contributed by atoms with E-state index in [0.717, 1.165) is 0 Å². The maximum atomic E-state index is 12.5. The molecule has 140 valence electrons. The van der Waals surface area contributed by atoms with E-state index in [1.807, 2.05) is 0 Å². The van der Waals surface area contributed by atoms with Crippen molar-refractivity contribution in [3.8, 4) is 17.2 Å². The lowest BCUT2D eigenvalue weighted by molar-refractivity contribution is -0.0504. The summed E-state index contributed by atoms with van der Waals surface area (Å²) in [5.41, 5.74) is 1.20. The van der Waals surface area contributed by atoms with E-state index in [-0.39, 0.29) is 18.0 Å². The van der Waals surface area contributed by atoms with Gasteiger partial charge in [0.1, 0.15) is 17.2 Å². The molecule has 26 heavy (non-hydrogen) atoms. The van der Waals surface area contributed by atoms with Gasteiger partial charge in [-0.15, -0.1) is 0 Å². The van der Waals surface area contributed by atoms with Crippen molar-refractivity contribution in [2.45, 2.75) is 19.7 Å². The number of phenolic OH excluding ortho intramolecular Hbond substituents is 1. The number of ether oxygens (including phenoxy) is 2. The number of guanidine groups is 1. The number of hydrogen-bond donors (Lipinski definition) is 3. The third-order valence-corrected chi connectivity index (χ3v) is 3.59. The lowest BCUT2D eigenvalue weighted by Crippen LogP contribution is -2.36. The Hall–Kier alpha value is -3.03. The van der Waals surface area contributed by atoms with Gasteiger partial charge in [-0.25, -0.2) is 0 Å². The summed E-state index contributed by atoms with van der Waals surface area (Å²) in [7, 11) is 3.13. The Morgan fingerprint density at radius 2 is 1.81 bits per heavy atom. The van der Waals surface area contributed by atoms with E-state index in [1.165, 1.54) is 6.07 Å². The topological polar surface area (TPSA) is 75.1 Å². The summed E-state index contributed by atoms with van der Waals surface area (Å²) in [6.07, 6.45) is 0. The molecule has 6 nitrogen and oxygen atoms in total. The van der Waals surface area contributed by atoms with Crippen LogP contribution in [0.1, 0.15) is 11.1 Å². The van der Waals surface area contributed by atoms with Crippen LogP contribution in [0.25, 0.3) is 0 Å². The molecule has 0 bridgehead atoms. The van der Waals surface area contributed by atoms with Crippen LogP contribution in [0.4, 0.5) is 8.78 Å². The molecule has 0 fully saturated rings. The highest BCUT2D eigenvalue weighted by molar-refractivity contribution is 5.79. The summed E-state index contributed by atoms with van der Waals surface area (Å²) in [6.45, 7) is -2.34. The van der Waals surface area contributed by atoms with Crippen LogP contribution >= 0.6 is 0 Å². The SMILES string of the molecule is CN=C(NCc1cc(OC)ccc1O)NCc1ccccc1OC(F)F. The van der Waals surface area contributed by atoms with Crippen molar-refractivity contribution < 1.29 is 23.4 Å². The fourth-order valence-electron chi connectivity index (χ4n) is 2.27. The normalized spacial score (nSPS) is 11.3. The first-order chi connectivity index (χ1) is 12.5. The Labute approximate surface area is 150 Å². The van der Waals surface area contributed by atoms with E-state index in [0.29, 0.717) is 29.4 Å². The first-order valence-electron chi connectivity index (χ1n) is 7.86. The predicted molar refractivity (Wildman–Crippen MR) is 94.8 cm³/mol. The Bertz CT molecular complexity index is 754. The van der Waals surface area contributed by atoms with Crippen LogP contribution < -0.4 is 20.1 Å². The number of nitrogens with zero attached hydrogens (tertiary/aromatic N) is 1. The minimum atomic E-state index is -2.88. The van der Waals surface area contributed by atoms with Gasteiger partial charge in [-0.05, 0) is 24.3 Å². The second kappa shape index (κ2) is 9.45. The Morgan fingerprint density at radius 3 is 2.46 bits per heavy atom. The molecular formula is C18H21F2N3O3. The van der Waals surface area contributed by atoms with Crippen LogP contribution in [0.15, 0.2) is 47.5 Å². The summed E-state index contributed by atoms with van der Waals surface area (Å²) in [4.78, 5) is 4.07. The summed E-state index contributed by atoms with van der Waals surface area (Å²) >= 11 is 0. The van der Waals surface area contributed by atoms with E-state index in [9.17, 15) is 13.9 Å². The number of aromatic hydroxyl groups is 1. The van der Waals surface area contributed by atoms with Crippen molar-refractivity contribution in [2.24, 2.45) is 4.99 Å². The number of aliphatic imine (C=N–C) groups is 1. The number of para-hydroxylation sites is 1. The van der Waals surface area contributed by atoms with Crippen LogP contribution in [0.3, 0.4) is 0 Å². The quantitative estimate of drug-likeness (QED) is 0.520. The molecule has 0 aliphatic carbocycles. The van der Waals surface area contributed by atoms with Gasteiger partial charge in [0.2, 0.25) is 0 Å². The van der Waals surface area contributed by atoms with Crippen LogP contribution in [0.2, 0.25) is 0 Å². The summed E-state index contributed by atoms with van der Waals surface area (Å²) < 4.78 is 34.6. The monoisotopic (exact) mass is 365 g/mol. The standard InChI is InChI=1S/C18H21F2N3O3/c1-21-18(23-11-13-9-14(25-2)7-8-15(13)24)22-10-12-5-3-4-6-16(12)26-17(19)20/h3-9,17,24H,10-11H2,1-2H3,(H2,21,22,23). The third kappa shape index (κ3) is 5.51. The molecule has 0 spiro atoms. The number of benzene rings is 2. The smallest absolute Gasteiger partial charge is 0.387 e. The van der Waals surface area contributed by atoms with Gasteiger partial charge < -0.3 is 25.2 Å². The molecular weight excluding hydrogens is 344 g/mol. The Morgan fingerprint density at radius 1 is 1.12 bits per heavy atom. The molecule has 0 heterocycles. The Kier molecular flexibility index (Phi) is 7.02. The zero-order valence-corrected chi connectivity index (χ0v) is 14.5. The second-order valence-corrected chi connectivity index (χ2v) is 5.26. The van der Waals surface area contributed by atoms with Gasteiger partial charge in [0.25, 0.3) is 0 Å². The average molecular weight is 365 g/mol. The number of hydrogen-bond acceptors (Lipinski definition) is 4. The number of methoxy groups -OCH3 is 1. The molecule has 3 N–H and O–H groups in total. The number of nitrogens with one attached hydrogen (secondary N) is 2. The maximum absolute atomic E-state index is 12.5. The van der Waals surface area contributed by atoms with Crippen LogP contribution in [-0.2, 0) is 13.1 Å². The van der Waals surface area contributed by atoms with E-state index in [1.54, 1.807) is 50.6 Å².